The Hall–Kier alpha value is -1.31. The summed E-state index contributed by atoms with van der Waals surface area (Å²) >= 11 is 0. The van der Waals surface area contributed by atoms with E-state index >= 15 is 0 Å². The van der Waals surface area contributed by atoms with Gasteiger partial charge in [-0.3, -0.25) is 0 Å². The molecule has 0 atom stereocenters. The molecule has 0 unspecified atom stereocenters. The molecule has 2 heteroatoms. The number of benzene rings is 1. The highest BCUT2D eigenvalue weighted by Crippen LogP contribution is 2.38. The van der Waals surface area contributed by atoms with Gasteiger partial charge in [-0.15, -0.1) is 0 Å². The smallest absolute Gasteiger partial charge is 0.335 e. The van der Waals surface area contributed by atoms with Crippen LogP contribution in [0.1, 0.15) is 48.2 Å². The summed E-state index contributed by atoms with van der Waals surface area (Å²) in [6, 6.07) is 5.63. The van der Waals surface area contributed by atoms with Gasteiger partial charge in [-0.05, 0) is 41.9 Å². The Balaban J connectivity index is 2.65. The number of rotatable bonds is 1. The van der Waals surface area contributed by atoms with Crippen LogP contribution in [0, 0.1) is 0 Å². The number of hydrogen-bond acceptors (Lipinski definition) is 1. The molecule has 0 aliphatic heterocycles. The average molecular weight is 204 g/mol. The van der Waals surface area contributed by atoms with E-state index in [2.05, 4.69) is 19.9 Å². The van der Waals surface area contributed by atoms with Gasteiger partial charge in [-0.25, -0.2) is 4.79 Å². The molecule has 0 amide bonds. The molecule has 1 aromatic rings. The van der Waals surface area contributed by atoms with Gasteiger partial charge < -0.3 is 5.11 Å². The standard InChI is InChI=1S/C13H16O2/c1-13(2)8-4-6-9-5-3-7-10(11(9)13)12(14)15/h3,5,7H,4,6,8H2,1-2H3,(H,14,15). The Morgan fingerprint density at radius 3 is 2.80 bits per heavy atom. The van der Waals surface area contributed by atoms with E-state index in [1.807, 2.05) is 6.07 Å². The minimum absolute atomic E-state index is 0.00255. The van der Waals surface area contributed by atoms with Crippen molar-refractivity contribution < 1.29 is 9.90 Å². The largest absolute Gasteiger partial charge is 0.478 e. The van der Waals surface area contributed by atoms with Gasteiger partial charge in [-0.1, -0.05) is 26.0 Å². The van der Waals surface area contributed by atoms with Gasteiger partial charge in [0.2, 0.25) is 0 Å². The summed E-state index contributed by atoms with van der Waals surface area (Å²) < 4.78 is 0. The molecule has 0 saturated carbocycles. The minimum atomic E-state index is -0.804. The van der Waals surface area contributed by atoms with E-state index in [1.54, 1.807) is 6.07 Å². The number of fused-ring (bicyclic) bond motifs is 1. The van der Waals surface area contributed by atoms with Crippen LogP contribution in [0.3, 0.4) is 0 Å². The number of aryl methyl sites for hydroxylation is 1. The predicted octanol–water partition coefficient (Wildman–Crippen LogP) is 3.00. The van der Waals surface area contributed by atoms with Gasteiger partial charge in [0.15, 0.2) is 0 Å². The Morgan fingerprint density at radius 1 is 1.40 bits per heavy atom. The molecular weight excluding hydrogens is 188 g/mol. The molecule has 80 valence electrons. The fourth-order valence-electron chi connectivity index (χ4n) is 2.63. The van der Waals surface area contributed by atoms with Crippen molar-refractivity contribution >= 4 is 5.97 Å². The Kier molecular flexibility index (Phi) is 2.29. The van der Waals surface area contributed by atoms with Gasteiger partial charge >= 0.3 is 5.97 Å². The summed E-state index contributed by atoms with van der Waals surface area (Å²) in [7, 11) is 0. The van der Waals surface area contributed by atoms with E-state index in [9.17, 15) is 9.90 Å². The maximum atomic E-state index is 11.2. The topological polar surface area (TPSA) is 37.3 Å². The van der Waals surface area contributed by atoms with Crippen LogP contribution in [0.15, 0.2) is 18.2 Å². The summed E-state index contributed by atoms with van der Waals surface area (Å²) in [5.41, 5.74) is 2.75. The van der Waals surface area contributed by atoms with Crippen molar-refractivity contribution in [3.63, 3.8) is 0 Å². The zero-order chi connectivity index (χ0) is 11.1. The van der Waals surface area contributed by atoms with Crippen molar-refractivity contribution in [2.45, 2.75) is 38.5 Å². The molecule has 0 fully saturated rings. The fourth-order valence-corrected chi connectivity index (χ4v) is 2.63. The lowest BCUT2D eigenvalue weighted by atomic mass is 9.71. The van der Waals surface area contributed by atoms with Crippen LogP contribution in [0.2, 0.25) is 0 Å². The maximum absolute atomic E-state index is 11.2. The molecule has 15 heavy (non-hydrogen) atoms. The molecule has 0 saturated heterocycles. The van der Waals surface area contributed by atoms with Crippen molar-refractivity contribution in [3.05, 3.63) is 34.9 Å². The monoisotopic (exact) mass is 204 g/mol. The van der Waals surface area contributed by atoms with Gasteiger partial charge in [-0.2, -0.15) is 0 Å². The molecule has 1 aromatic carbocycles. The van der Waals surface area contributed by atoms with Gasteiger partial charge in [0.25, 0.3) is 0 Å². The summed E-state index contributed by atoms with van der Waals surface area (Å²) in [5, 5.41) is 9.17. The first-order valence-electron chi connectivity index (χ1n) is 5.38. The third-order valence-corrected chi connectivity index (χ3v) is 3.31. The summed E-state index contributed by atoms with van der Waals surface area (Å²) in [4.78, 5) is 11.2. The van der Waals surface area contributed by atoms with Crippen LogP contribution in [-0.4, -0.2) is 11.1 Å². The second-order valence-corrected chi connectivity index (χ2v) is 4.88. The first kappa shape index (κ1) is 10.2. The Labute approximate surface area is 89.9 Å². The maximum Gasteiger partial charge on any atom is 0.335 e. The van der Waals surface area contributed by atoms with Crippen LogP contribution in [0.4, 0.5) is 0 Å². The van der Waals surface area contributed by atoms with E-state index in [1.165, 1.54) is 5.56 Å². The first-order chi connectivity index (χ1) is 7.02. The molecule has 0 bridgehead atoms. The van der Waals surface area contributed by atoms with Crippen LogP contribution in [0.5, 0.6) is 0 Å². The highest BCUT2D eigenvalue weighted by Gasteiger charge is 2.31. The van der Waals surface area contributed by atoms with E-state index in [0.29, 0.717) is 5.56 Å². The molecule has 1 aliphatic rings. The second kappa shape index (κ2) is 3.37. The molecule has 2 nitrogen and oxygen atoms in total. The third kappa shape index (κ3) is 1.65. The molecule has 1 N–H and O–H groups in total. The van der Waals surface area contributed by atoms with Gasteiger partial charge in [0, 0.05) is 0 Å². The number of carboxylic acid groups (broad SMARTS) is 1. The number of carbonyl (C=O) groups is 1. The zero-order valence-electron chi connectivity index (χ0n) is 9.21. The lowest BCUT2D eigenvalue weighted by molar-refractivity contribution is 0.0693. The lowest BCUT2D eigenvalue weighted by Gasteiger charge is -2.33. The van der Waals surface area contributed by atoms with Crippen molar-refractivity contribution in [1.82, 2.24) is 0 Å². The van der Waals surface area contributed by atoms with Crippen molar-refractivity contribution in [1.29, 1.82) is 0 Å². The highest BCUT2D eigenvalue weighted by molar-refractivity contribution is 5.90. The summed E-state index contributed by atoms with van der Waals surface area (Å²) in [6.07, 6.45) is 3.24. The molecule has 2 rings (SSSR count). The SMILES string of the molecule is CC1(C)CCCc2cccc(C(=O)O)c21. The number of carboxylic acids is 1. The summed E-state index contributed by atoms with van der Waals surface area (Å²) in [6.45, 7) is 4.27. The van der Waals surface area contributed by atoms with Crippen LogP contribution >= 0.6 is 0 Å². The molecule has 0 aromatic heterocycles. The van der Waals surface area contributed by atoms with E-state index in [-0.39, 0.29) is 5.41 Å². The van der Waals surface area contributed by atoms with Gasteiger partial charge in [0.05, 0.1) is 5.56 Å². The first-order valence-corrected chi connectivity index (χ1v) is 5.38. The molecular formula is C13H16O2. The van der Waals surface area contributed by atoms with Gasteiger partial charge in [0.1, 0.15) is 0 Å². The Bertz CT molecular complexity index is 405. The summed E-state index contributed by atoms with van der Waals surface area (Å²) in [5.74, 6) is -0.804. The van der Waals surface area contributed by atoms with Crippen molar-refractivity contribution in [2.75, 3.05) is 0 Å². The quantitative estimate of drug-likeness (QED) is 0.763. The minimum Gasteiger partial charge on any atom is -0.478 e. The van der Waals surface area contributed by atoms with Crippen LogP contribution < -0.4 is 0 Å². The molecule has 0 heterocycles. The number of aromatic carboxylic acids is 1. The van der Waals surface area contributed by atoms with E-state index in [4.69, 9.17) is 0 Å². The number of hydrogen-bond donors (Lipinski definition) is 1. The average Bonchev–Trinajstić information content (AvgIpc) is 2.16. The second-order valence-electron chi connectivity index (χ2n) is 4.88. The van der Waals surface area contributed by atoms with E-state index in [0.717, 1.165) is 24.8 Å². The highest BCUT2D eigenvalue weighted by atomic mass is 16.4. The zero-order valence-corrected chi connectivity index (χ0v) is 9.21. The normalized spacial score (nSPS) is 18.3. The third-order valence-electron chi connectivity index (χ3n) is 3.31. The van der Waals surface area contributed by atoms with Crippen LogP contribution in [-0.2, 0) is 11.8 Å². The van der Waals surface area contributed by atoms with Crippen molar-refractivity contribution in [2.24, 2.45) is 0 Å². The Morgan fingerprint density at radius 2 is 2.13 bits per heavy atom. The predicted molar refractivity (Wildman–Crippen MR) is 59.4 cm³/mol. The van der Waals surface area contributed by atoms with E-state index < -0.39 is 5.97 Å². The fraction of sp³-hybridized carbons (Fsp3) is 0.462. The molecule has 0 spiro atoms. The van der Waals surface area contributed by atoms with Crippen molar-refractivity contribution in [3.8, 4) is 0 Å². The lowest BCUT2D eigenvalue weighted by Crippen LogP contribution is -2.26. The van der Waals surface area contributed by atoms with Crippen LogP contribution in [0.25, 0.3) is 0 Å². The molecule has 0 radical (unpaired) electrons. The molecule has 1 aliphatic carbocycles.